The zero-order valence-corrected chi connectivity index (χ0v) is 12.6. The molecule has 1 amide bonds. The third kappa shape index (κ3) is 2.63. The minimum Gasteiger partial charge on any atom is -0.272 e. The number of carbonyl (C=O) groups excluding carboxylic acids is 1. The Morgan fingerprint density at radius 2 is 2.14 bits per heavy atom. The molecule has 0 aromatic carbocycles. The Bertz CT molecular complexity index is 763. The molecule has 8 nitrogen and oxygen atoms in total. The van der Waals surface area contributed by atoms with Crippen molar-refractivity contribution in [1.29, 1.82) is 0 Å². The highest BCUT2D eigenvalue weighted by molar-refractivity contribution is 5.89. The van der Waals surface area contributed by atoms with Crippen LogP contribution in [0.15, 0.2) is 16.9 Å². The number of aryl methyl sites for hydroxylation is 3. The minimum atomic E-state index is -0.440. The Labute approximate surface area is 127 Å². The van der Waals surface area contributed by atoms with Crippen LogP contribution in [0.25, 0.3) is 0 Å². The maximum absolute atomic E-state index is 12.6. The molecule has 116 valence electrons. The summed E-state index contributed by atoms with van der Waals surface area (Å²) in [4.78, 5) is 24.6. The van der Waals surface area contributed by atoms with Crippen LogP contribution in [0.5, 0.6) is 0 Å². The first-order valence-electron chi connectivity index (χ1n) is 7.33. The van der Waals surface area contributed by atoms with Gasteiger partial charge in [-0.25, -0.2) is 9.36 Å². The van der Waals surface area contributed by atoms with E-state index in [1.165, 1.54) is 10.7 Å². The molecule has 0 spiro atoms. The van der Waals surface area contributed by atoms with Crippen LogP contribution in [0, 0.1) is 13.8 Å². The van der Waals surface area contributed by atoms with Gasteiger partial charge in [-0.2, -0.15) is 0 Å². The molecule has 8 heteroatoms. The van der Waals surface area contributed by atoms with Crippen molar-refractivity contribution >= 4 is 5.91 Å². The van der Waals surface area contributed by atoms with E-state index >= 15 is 0 Å². The van der Waals surface area contributed by atoms with E-state index in [9.17, 15) is 9.59 Å². The lowest BCUT2D eigenvalue weighted by Gasteiger charge is -2.16. The van der Waals surface area contributed by atoms with Crippen LogP contribution in [-0.2, 0) is 11.3 Å². The molecule has 1 aliphatic rings. The van der Waals surface area contributed by atoms with Gasteiger partial charge in [-0.15, -0.1) is 5.10 Å². The van der Waals surface area contributed by atoms with E-state index < -0.39 is 5.92 Å². The summed E-state index contributed by atoms with van der Waals surface area (Å²) in [5.74, 6) is -0.134. The summed E-state index contributed by atoms with van der Waals surface area (Å²) in [5, 5.41) is 11.5. The smallest absolute Gasteiger partial charge is 0.269 e. The quantitative estimate of drug-likeness (QED) is 0.871. The molecule has 2 aromatic heterocycles. The standard InChI is InChI=1S/C14H18N6O2/c1-9-7-10(2)20(12(21)8-9)16-14(22)11-5-3-4-6-19-13(11)15-17-18-19/h7-8,11H,3-6H2,1-2H3,(H,16,22)/t11-/m1/s1. The number of amides is 1. The second-order valence-electron chi connectivity index (χ2n) is 5.63. The summed E-state index contributed by atoms with van der Waals surface area (Å²) in [6, 6.07) is 3.34. The monoisotopic (exact) mass is 302 g/mol. The van der Waals surface area contributed by atoms with E-state index in [0.29, 0.717) is 17.9 Å². The third-order valence-electron chi connectivity index (χ3n) is 3.88. The van der Waals surface area contributed by atoms with Gasteiger partial charge in [0.25, 0.3) is 5.56 Å². The summed E-state index contributed by atoms with van der Waals surface area (Å²) < 4.78 is 2.94. The number of fused-ring (bicyclic) bond motifs is 1. The molecule has 0 bridgehead atoms. The summed E-state index contributed by atoms with van der Waals surface area (Å²) in [7, 11) is 0. The molecule has 0 saturated carbocycles. The van der Waals surface area contributed by atoms with Crippen LogP contribution in [-0.4, -0.2) is 30.8 Å². The van der Waals surface area contributed by atoms with Crippen molar-refractivity contribution in [2.24, 2.45) is 0 Å². The highest BCUT2D eigenvalue weighted by Crippen LogP contribution is 2.24. The summed E-state index contributed by atoms with van der Waals surface area (Å²) in [6.45, 7) is 4.35. The van der Waals surface area contributed by atoms with Gasteiger partial charge in [0.15, 0.2) is 5.82 Å². The summed E-state index contributed by atoms with van der Waals surface area (Å²) in [6.07, 6.45) is 2.52. The van der Waals surface area contributed by atoms with Gasteiger partial charge in [0.05, 0.1) is 0 Å². The fourth-order valence-electron chi connectivity index (χ4n) is 2.81. The van der Waals surface area contributed by atoms with E-state index in [1.54, 1.807) is 11.6 Å². The molecule has 0 aliphatic carbocycles. The van der Waals surface area contributed by atoms with Crippen LogP contribution in [0.4, 0.5) is 0 Å². The number of aromatic nitrogens is 5. The molecule has 1 N–H and O–H groups in total. The molecule has 0 saturated heterocycles. The molecular weight excluding hydrogens is 284 g/mol. The second-order valence-corrected chi connectivity index (χ2v) is 5.63. The van der Waals surface area contributed by atoms with E-state index in [4.69, 9.17) is 0 Å². The van der Waals surface area contributed by atoms with Gasteiger partial charge in [0, 0.05) is 18.3 Å². The average molecular weight is 302 g/mol. The van der Waals surface area contributed by atoms with Gasteiger partial charge in [0.1, 0.15) is 5.92 Å². The summed E-state index contributed by atoms with van der Waals surface area (Å²) in [5.41, 5.74) is 3.99. The zero-order chi connectivity index (χ0) is 15.7. The Balaban J connectivity index is 1.89. The largest absolute Gasteiger partial charge is 0.272 e. The normalized spacial score (nSPS) is 17.6. The lowest BCUT2D eigenvalue weighted by Crippen LogP contribution is -2.37. The number of nitrogens with zero attached hydrogens (tertiary/aromatic N) is 5. The van der Waals surface area contributed by atoms with Crippen LogP contribution in [0.2, 0.25) is 0 Å². The molecular formula is C14H18N6O2. The highest BCUT2D eigenvalue weighted by atomic mass is 16.2. The van der Waals surface area contributed by atoms with Gasteiger partial charge < -0.3 is 0 Å². The molecule has 0 fully saturated rings. The van der Waals surface area contributed by atoms with Gasteiger partial charge in [0.2, 0.25) is 5.91 Å². The van der Waals surface area contributed by atoms with Gasteiger partial charge in [-0.1, -0.05) is 6.42 Å². The Hall–Kier alpha value is -2.51. The first kappa shape index (κ1) is 14.4. The van der Waals surface area contributed by atoms with E-state index in [1.807, 2.05) is 13.0 Å². The van der Waals surface area contributed by atoms with Gasteiger partial charge >= 0.3 is 0 Å². The van der Waals surface area contributed by atoms with Crippen molar-refractivity contribution in [1.82, 2.24) is 24.9 Å². The lowest BCUT2D eigenvalue weighted by atomic mass is 10.0. The Kier molecular flexibility index (Phi) is 3.74. The number of hydrogen-bond acceptors (Lipinski definition) is 5. The SMILES string of the molecule is Cc1cc(C)n(NC(=O)[C@@H]2CCCCn3nnnc32)c(=O)c1. The third-order valence-corrected chi connectivity index (χ3v) is 3.88. The predicted molar refractivity (Wildman–Crippen MR) is 79.0 cm³/mol. The van der Waals surface area contributed by atoms with E-state index in [2.05, 4.69) is 21.0 Å². The molecule has 1 atom stereocenters. The Morgan fingerprint density at radius 1 is 1.32 bits per heavy atom. The predicted octanol–water partition coefficient (Wildman–Crippen LogP) is 0.489. The van der Waals surface area contributed by atoms with Gasteiger partial charge in [-0.05, 0) is 48.7 Å². The second kappa shape index (κ2) is 5.70. The van der Waals surface area contributed by atoms with Crippen LogP contribution < -0.4 is 11.0 Å². The molecule has 22 heavy (non-hydrogen) atoms. The minimum absolute atomic E-state index is 0.251. The van der Waals surface area contributed by atoms with E-state index in [0.717, 1.165) is 24.9 Å². The first-order valence-corrected chi connectivity index (χ1v) is 7.33. The van der Waals surface area contributed by atoms with Crippen molar-refractivity contribution < 1.29 is 4.79 Å². The van der Waals surface area contributed by atoms with Crippen molar-refractivity contribution in [3.05, 3.63) is 39.6 Å². The van der Waals surface area contributed by atoms with Crippen molar-refractivity contribution in [2.75, 3.05) is 5.43 Å². The highest BCUT2D eigenvalue weighted by Gasteiger charge is 2.29. The molecule has 3 rings (SSSR count). The van der Waals surface area contributed by atoms with Crippen LogP contribution in [0.1, 0.15) is 42.3 Å². The Morgan fingerprint density at radius 3 is 2.91 bits per heavy atom. The fourth-order valence-corrected chi connectivity index (χ4v) is 2.81. The van der Waals surface area contributed by atoms with Crippen molar-refractivity contribution in [2.45, 2.75) is 45.6 Å². The maximum Gasteiger partial charge on any atom is 0.269 e. The van der Waals surface area contributed by atoms with Crippen molar-refractivity contribution in [3.63, 3.8) is 0 Å². The number of nitrogens with one attached hydrogen (secondary N) is 1. The molecule has 0 unspecified atom stereocenters. The van der Waals surface area contributed by atoms with E-state index in [-0.39, 0.29) is 11.5 Å². The fraction of sp³-hybridized carbons (Fsp3) is 0.500. The van der Waals surface area contributed by atoms with Gasteiger partial charge in [-0.3, -0.25) is 15.0 Å². The zero-order valence-electron chi connectivity index (χ0n) is 12.6. The lowest BCUT2D eigenvalue weighted by molar-refractivity contribution is -0.118. The molecule has 0 radical (unpaired) electrons. The van der Waals surface area contributed by atoms with Crippen LogP contribution >= 0.6 is 0 Å². The average Bonchev–Trinajstić information content (AvgIpc) is 2.82. The number of rotatable bonds is 2. The van der Waals surface area contributed by atoms with Crippen LogP contribution in [0.3, 0.4) is 0 Å². The first-order chi connectivity index (χ1) is 10.6. The number of tetrazole rings is 1. The molecule has 2 aromatic rings. The number of hydrogen-bond donors (Lipinski definition) is 1. The molecule has 3 heterocycles. The summed E-state index contributed by atoms with van der Waals surface area (Å²) >= 11 is 0. The number of pyridine rings is 1. The maximum atomic E-state index is 12.6. The van der Waals surface area contributed by atoms with Crippen molar-refractivity contribution in [3.8, 4) is 0 Å². The number of carbonyl (C=O) groups is 1. The topological polar surface area (TPSA) is 94.7 Å². The molecule has 1 aliphatic heterocycles.